The second-order valence-electron chi connectivity index (χ2n) is 5.32. The van der Waals surface area contributed by atoms with Crippen LogP contribution in [0.25, 0.3) is 6.08 Å². The van der Waals surface area contributed by atoms with Gasteiger partial charge < -0.3 is 4.90 Å². The van der Waals surface area contributed by atoms with Crippen LogP contribution in [0, 0.1) is 5.82 Å². The number of halogens is 1. The first kappa shape index (κ1) is 16.1. The Kier molecular flexibility index (Phi) is 6.04. The summed E-state index contributed by atoms with van der Waals surface area (Å²) in [6.07, 6.45) is 3.75. The molecule has 2 nitrogen and oxygen atoms in total. The van der Waals surface area contributed by atoms with E-state index in [-0.39, 0.29) is 11.6 Å². The molecule has 0 bridgehead atoms. The van der Waals surface area contributed by atoms with Gasteiger partial charge >= 0.3 is 0 Å². The Hall–Kier alpha value is -2.26. The first-order valence-corrected chi connectivity index (χ1v) is 7.32. The van der Waals surface area contributed by atoms with Gasteiger partial charge in [-0.1, -0.05) is 48.5 Å². The SMILES string of the molecule is CN(CCC(=O)/C=C/c1ccc(F)cc1)Cc1ccccc1. The summed E-state index contributed by atoms with van der Waals surface area (Å²) in [5.41, 5.74) is 2.06. The van der Waals surface area contributed by atoms with Crippen molar-refractivity contribution in [3.05, 3.63) is 77.6 Å². The Morgan fingerprint density at radius 3 is 2.45 bits per heavy atom. The zero-order valence-corrected chi connectivity index (χ0v) is 12.7. The van der Waals surface area contributed by atoms with E-state index >= 15 is 0 Å². The van der Waals surface area contributed by atoms with Gasteiger partial charge in [0.1, 0.15) is 5.82 Å². The molecule has 0 aliphatic carbocycles. The largest absolute Gasteiger partial charge is 0.302 e. The second-order valence-corrected chi connectivity index (χ2v) is 5.32. The highest BCUT2D eigenvalue weighted by Gasteiger charge is 2.03. The fourth-order valence-electron chi connectivity index (χ4n) is 2.12. The van der Waals surface area contributed by atoms with E-state index in [0.29, 0.717) is 13.0 Å². The van der Waals surface area contributed by atoms with Gasteiger partial charge in [0.05, 0.1) is 0 Å². The third-order valence-corrected chi connectivity index (χ3v) is 3.37. The fourth-order valence-corrected chi connectivity index (χ4v) is 2.12. The molecule has 0 fully saturated rings. The van der Waals surface area contributed by atoms with Crippen LogP contribution >= 0.6 is 0 Å². The summed E-state index contributed by atoms with van der Waals surface area (Å²) in [6, 6.07) is 16.3. The minimum absolute atomic E-state index is 0.0734. The van der Waals surface area contributed by atoms with Gasteiger partial charge in [0.2, 0.25) is 0 Å². The lowest BCUT2D eigenvalue weighted by atomic mass is 10.1. The van der Waals surface area contributed by atoms with E-state index in [1.165, 1.54) is 17.7 Å². The van der Waals surface area contributed by atoms with Crippen molar-refractivity contribution in [2.45, 2.75) is 13.0 Å². The normalized spacial score (nSPS) is 11.2. The highest BCUT2D eigenvalue weighted by atomic mass is 19.1. The molecule has 3 heteroatoms. The van der Waals surface area contributed by atoms with Crippen LogP contribution in [-0.2, 0) is 11.3 Å². The van der Waals surface area contributed by atoms with Crippen molar-refractivity contribution in [2.75, 3.05) is 13.6 Å². The van der Waals surface area contributed by atoms with Crippen LogP contribution in [-0.4, -0.2) is 24.3 Å². The average Bonchev–Trinajstić information content (AvgIpc) is 2.53. The highest BCUT2D eigenvalue weighted by molar-refractivity contribution is 5.93. The lowest BCUT2D eigenvalue weighted by Gasteiger charge is -2.15. The molecule has 0 amide bonds. The Bertz CT molecular complexity index is 620. The minimum Gasteiger partial charge on any atom is -0.302 e. The predicted molar refractivity (Wildman–Crippen MR) is 87.8 cm³/mol. The fraction of sp³-hybridized carbons (Fsp3) is 0.211. The Morgan fingerprint density at radius 1 is 1.09 bits per heavy atom. The topological polar surface area (TPSA) is 20.3 Å². The van der Waals surface area contributed by atoms with E-state index in [4.69, 9.17) is 0 Å². The quantitative estimate of drug-likeness (QED) is 0.722. The van der Waals surface area contributed by atoms with Crippen LogP contribution in [0.5, 0.6) is 0 Å². The van der Waals surface area contributed by atoms with Crippen LogP contribution < -0.4 is 0 Å². The van der Waals surface area contributed by atoms with Crippen molar-refractivity contribution in [3.63, 3.8) is 0 Å². The molecule has 0 heterocycles. The van der Waals surface area contributed by atoms with Gasteiger partial charge in [0.15, 0.2) is 5.78 Å². The monoisotopic (exact) mass is 297 g/mol. The summed E-state index contributed by atoms with van der Waals surface area (Å²) in [7, 11) is 2.00. The molecule has 2 rings (SSSR count). The van der Waals surface area contributed by atoms with Gasteiger partial charge in [-0.05, 0) is 36.4 Å². The summed E-state index contributed by atoms with van der Waals surface area (Å²) in [6.45, 7) is 1.54. The van der Waals surface area contributed by atoms with Crippen molar-refractivity contribution in [1.29, 1.82) is 0 Å². The van der Waals surface area contributed by atoms with E-state index in [9.17, 15) is 9.18 Å². The molecule has 0 N–H and O–H groups in total. The number of hydrogen-bond donors (Lipinski definition) is 0. The molecular weight excluding hydrogens is 277 g/mol. The molecule has 0 saturated heterocycles. The number of benzene rings is 2. The zero-order chi connectivity index (χ0) is 15.8. The van der Waals surface area contributed by atoms with Crippen molar-refractivity contribution in [2.24, 2.45) is 0 Å². The average molecular weight is 297 g/mol. The van der Waals surface area contributed by atoms with Crippen LogP contribution in [0.3, 0.4) is 0 Å². The van der Waals surface area contributed by atoms with Crippen molar-refractivity contribution in [3.8, 4) is 0 Å². The van der Waals surface area contributed by atoms with E-state index in [1.807, 2.05) is 25.2 Å². The number of rotatable bonds is 7. The van der Waals surface area contributed by atoms with Crippen LogP contribution in [0.2, 0.25) is 0 Å². The summed E-state index contributed by atoms with van der Waals surface area (Å²) in [5, 5.41) is 0. The first-order valence-electron chi connectivity index (χ1n) is 7.32. The van der Waals surface area contributed by atoms with Crippen molar-refractivity contribution >= 4 is 11.9 Å². The molecule has 114 valence electrons. The standard InChI is InChI=1S/C19H20FNO/c1-21(15-17-5-3-2-4-6-17)14-13-19(22)12-9-16-7-10-18(20)11-8-16/h2-12H,13-15H2,1H3/b12-9+. The summed E-state index contributed by atoms with van der Waals surface area (Å²) in [5.74, 6) is -0.199. The second kappa shape index (κ2) is 8.25. The van der Waals surface area contributed by atoms with E-state index < -0.39 is 0 Å². The molecule has 0 unspecified atom stereocenters. The highest BCUT2D eigenvalue weighted by Crippen LogP contribution is 2.06. The summed E-state index contributed by atoms with van der Waals surface area (Å²) in [4.78, 5) is 14.0. The molecule has 22 heavy (non-hydrogen) atoms. The maximum Gasteiger partial charge on any atom is 0.156 e. The molecule has 2 aromatic rings. The lowest BCUT2D eigenvalue weighted by Crippen LogP contribution is -2.20. The van der Waals surface area contributed by atoms with Crippen molar-refractivity contribution < 1.29 is 9.18 Å². The zero-order valence-electron chi connectivity index (χ0n) is 12.7. The van der Waals surface area contributed by atoms with Gasteiger partial charge in [0, 0.05) is 19.5 Å². The number of allylic oxidation sites excluding steroid dienone is 1. The molecule has 0 spiro atoms. The van der Waals surface area contributed by atoms with Gasteiger partial charge in [0.25, 0.3) is 0 Å². The third kappa shape index (κ3) is 5.62. The Balaban J connectivity index is 1.76. The third-order valence-electron chi connectivity index (χ3n) is 3.37. The molecule has 0 aromatic heterocycles. The number of carbonyl (C=O) groups is 1. The van der Waals surface area contributed by atoms with Gasteiger partial charge in [-0.15, -0.1) is 0 Å². The predicted octanol–water partition coefficient (Wildman–Crippen LogP) is 3.93. The maximum absolute atomic E-state index is 12.8. The van der Waals surface area contributed by atoms with Crippen LogP contribution in [0.15, 0.2) is 60.7 Å². The number of ketones is 1. The molecular formula is C19H20FNO. The number of hydrogen-bond acceptors (Lipinski definition) is 2. The Labute approximate surface area is 130 Å². The van der Waals surface area contributed by atoms with E-state index in [2.05, 4.69) is 17.0 Å². The first-order chi connectivity index (χ1) is 10.6. The maximum atomic E-state index is 12.8. The molecule has 0 aliphatic rings. The van der Waals surface area contributed by atoms with Gasteiger partial charge in [-0.2, -0.15) is 0 Å². The van der Waals surface area contributed by atoms with Crippen LogP contribution in [0.4, 0.5) is 4.39 Å². The molecule has 2 aromatic carbocycles. The van der Waals surface area contributed by atoms with E-state index in [1.54, 1.807) is 24.3 Å². The molecule has 0 atom stereocenters. The lowest BCUT2D eigenvalue weighted by molar-refractivity contribution is -0.114. The van der Waals surface area contributed by atoms with Gasteiger partial charge in [-0.25, -0.2) is 4.39 Å². The summed E-state index contributed by atoms with van der Waals surface area (Å²) < 4.78 is 12.8. The summed E-state index contributed by atoms with van der Waals surface area (Å²) >= 11 is 0. The Morgan fingerprint density at radius 2 is 1.77 bits per heavy atom. The van der Waals surface area contributed by atoms with Crippen molar-refractivity contribution in [1.82, 2.24) is 4.90 Å². The molecule has 0 radical (unpaired) electrons. The number of carbonyl (C=O) groups excluding carboxylic acids is 1. The van der Waals surface area contributed by atoms with E-state index in [0.717, 1.165) is 12.1 Å². The molecule has 0 saturated carbocycles. The molecule has 0 aliphatic heterocycles. The number of nitrogens with zero attached hydrogens (tertiary/aromatic N) is 1. The van der Waals surface area contributed by atoms with Crippen LogP contribution in [0.1, 0.15) is 17.5 Å². The minimum atomic E-state index is -0.272. The van der Waals surface area contributed by atoms with Gasteiger partial charge in [-0.3, -0.25) is 4.79 Å². The smallest absolute Gasteiger partial charge is 0.156 e.